The van der Waals surface area contributed by atoms with Gasteiger partial charge in [0.15, 0.2) is 0 Å². The lowest BCUT2D eigenvalue weighted by Gasteiger charge is -2.35. The number of aromatic nitrogens is 2. The Balaban J connectivity index is 1.30. The number of fused-ring (bicyclic) bond motifs is 1. The van der Waals surface area contributed by atoms with E-state index in [9.17, 15) is 18.8 Å². The number of nitrogens with zero attached hydrogens (tertiary/aromatic N) is 3. The molecular formula is C24H22FN5O4S. The molecule has 2 aliphatic heterocycles. The molecule has 11 heteroatoms. The van der Waals surface area contributed by atoms with E-state index in [1.54, 1.807) is 40.9 Å². The van der Waals surface area contributed by atoms with Crippen LogP contribution < -0.4 is 15.6 Å². The monoisotopic (exact) mass is 495 g/mol. The molecule has 0 radical (unpaired) electrons. The van der Waals surface area contributed by atoms with Crippen molar-refractivity contribution in [2.75, 3.05) is 26.2 Å². The fourth-order valence-corrected chi connectivity index (χ4v) is 4.74. The molecule has 0 saturated carbocycles. The number of piperazine rings is 1. The van der Waals surface area contributed by atoms with E-state index in [-0.39, 0.29) is 47.1 Å². The van der Waals surface area contributed by atoms with Gasteiger partial charge in [-0.1, -0.05) is 12.1 Å². The van der Waals surface area contributed by atoms with Crippen LogP contribution in [0, 0.1) is 5.82 Å². The fraction of sp³-hybridized carbons (Fsp3) is 0.250. The zero-order chi connectivity index (χ0) is 24.5. The highest BCUT2D eigenvalue weighted by Gasteiger charge is 2.29. The molecule has 180 valence electrons. The Morgan fingerprint density at radius 3 is 2.43 bits per heavy atom. The minimum absolute atomic E-state index is 0.101. The third-order valence-corrected chi connectivity index (χ3v) is 6.78. The molecule has 0 spiro atoms. The maximum Gasteiger partial charge on any atom is 0.272 e. The van der Waals surface area contributed by atoms with Crippen molar-refractivity contribution in [2.45, 2.75) is 12.3 Å². The van der Waals surface area contributed by atoms with Crippen LogP contribution in [-0.4, -0.2) is 63.4 Å². The van der Waals surface area contributed by atoms with Crippen molar-refractivity contribution in [3.63, 3.8) is 0 Å². The molecule has 2 aromatic carbocycles. The van der Waals surface area contributed by atoms with Gasteiger partial charge in [0.25, 0.3) is 17.4 Å². The van der Waals surface area contributed by atoms with Crippen molar-refractivity contribution in [2.24, 2.45) is 0 Å². The maximum absolute atomic E-state index is 14.6. The third kappa shape index (κ3) is 4.59. The predicted octanol–water partition coefficient (Wildman–Crippen LogP) is 2.66. The van der Waals surface area contributed by atoms with Crippen molar-refractivity contribution < 1.29 is 18.7 Å². The first-order valence-electron chi connectivity index (χ1n) is 11.1. The lowest BCUT2D eigenvalue weighted by atomic mass is 10.1. The normalized spacial score (nSPS) is 17.8. The number of H-pyrrole nitrogens is 1. The van der Waals surface area contributed by atoms with Gasteiger partial charge in [0.1, 0.15) is 17.3 Å². The molecule has 3 heterocycles. The first kappa shape index (κ1) is 22.9. The molecule has 3 aromatic rings. The lowest BCUT2D eigenvalue weighted by molar-refractivity contribution is -0.128. The van der Waals surface area contributed by atoms with Crippen LogP contribution in [0.1, 0.15) is 17.3 Å². The van der Waals surface area contributed by atoms with Gasteiger partial charge in [-0.2, -0.15) is 0 Å². The summed E-state index contributed by atoms with van der Waals surface area (Å²) in [5.74, 6) is -0.914. The number of amides is 2. The smallest absolute Gasteiger partial charge is 0.272 e. The van der Waals surface area contributed by atoms with Gasteiger partial charge in [-0.15, -0.1) is 16.9 Å². The summed E-state index contributed by atoms with van der Waals surface area (Å²) in [5, 5.41) is 12.3. The number of carbonyl (C=O) groups is 2. The Bertz CT molecular complexity index is 1400. The fourth-order valence-electron chi connectivity index (χ4n) is 4.03. The summed E-state index contributed by atoms with van der Waals surface area (Å²) in [6.07, 6.45) is 0. The molecule has 0 aliphatic carbocycles. The van der Waals surface area contributed by atoms with Gasteiger partial charge in [0.05, 0.1) is 21.7 Å². The van der Waals surface area contributed by atoms with Crippen molar-refractivity contribution in [1.29, 1.82) is 0 Å². The summed E-state index contributed by atoms with van der Waals surface area (Å²) in [4.78, 5) is 40.9. The van der Waals surface area contributed by atoms with E-state index in [0.29, 0.717) is 29.6 Å². The molecule has 1 unspecified atom stereocenters. The molecule has 0 bridgehead atoms. The molecule has 1 fully saturated rings. The van der Waals surface area contributed by atoms with Gasteiger partial charge in [0.2, 0.25) is 5.88 Å². The van der Waals surface area contributed by atoms with Crippen LogP contribution in [-0.2, 0) is 4.79 Å². The van der Waals surface area contributed by atoms with E-state index < -0.39 is 11.7 Å². The number of thioether (sulfide) groups is 1. The highest BCUT2D eigenvalue weighted by Crippen LogP contribution is 2.28. The van der Waals surface area contributed by atoms with Gasteiger partial charge >= 0.3 is 0 Å². The van der Waals surface area contributed by atoms with Crippen molar-refractivity contribution >= 4 is 34.3 Å². The maximum atomic E-state index is 14.6. The summed E-state index contributed by atoms with van der Waals surface area (Å²) in [7, 11) is 0. The summed E-state index contributed by atoms with van der Waals surface area (Å²) in [5.41, 5.74) is 0.0665. The Hall–Kier alpha value is -3.86. The Labute approximate surface area is 203 Å². The van der Waals surface area contributed by atoms with Crippen LogP contribution in [0.5, 0.6) is 11.6 Å². The number of ether oxygens (including phenoxy) is 1. The zero-order valence-corrected chi connectivity index (χ0v) is 19.6. The van der Waals surface area contributed by atoms with Gasteiger partial charge in [-0.05, 0) is 37.3 Å². The second-order valence-electron chi connectivity index (χ2n) is 8.19. The highest BCUT2D eigenvalue weighted by molar-refractivity contribution is 8.02. The number of benzene rings is 2. The minimum Gasteiger partial charge on any atom is -0.437 e. The van der Waals surface area contributed by atoms with Crippen LogP contribution in [0.15, 0.2) is 58.4 Å². The molecule has 2 amide bonds. The quantitative estimate of drug-likeness (QED) is 0.573. The molecule has 2 N–H and O–H groups in total. The van der Waals surface area contributed by atoms with Crippen molar-refractivity contribution in [1.82, 2.24) is 25.3 Å². The van der Waals surface area contributed by atoms with Gasteiger partial charge in [-0.3, -0.25) is 14.4 Å². The Kier molecular flexibility index (Phi) is 6.16. The van der Waals surface area contributed by atoms with E-state index in [1.807, 2.05) is 12.3 Å². The SMILES string of the molecule is CC1NC(C(=O)N2CCN(C(=O)c3cc(Oc4n[nH]c(=O)c5ccccc45)ccc3F)CC2)=CS1. The van der Waals surface area contributed by atoms with E-state index in [1.165, 1.54) is 17.0 Å². The molecular weight excluding hydrogens is 473 g/mol. The Morgan fingerprint density at radius 2 is 1.74 bits per heavy atom. The molecule has 2 aliphatic rings. The van der Waals surface area contributed by atoms with Crippen LogP contribution >= 0.6 is 11.8 Å². The van der Waals surface area contributed by atoms with E-state index in [0.717, 1.165) is 6.07 Å². The molecule has 35 heavy (non-hydrogen) atoms. The average Bonchev–Trinajstić information content (AvgIpc) is 3.32. The van der Waals surface area contributed by atoms with Crippen LogP contribution in [0.2, 0.25) is 0 Å². The first-order valence-corrected chi connectivity index (χ1v) is 12.0. The minimum atomic E-state index is -0.675. The Morgan fingerprint density at radius 1 is 1.06 bits per heavy atom. The number of halogens is 1. The van der Waals surface area contributed by atoms with Gasteiger partial charge < -0.3 is 19.9 Å². The number of aromatic amines is 1. The first-order chi connectivity index (χ1) is 16.9. The summed E-state index contributed by atoms with van der Waals surface area (Å²) < 4.78 is 20.4. The van der Waals surface area contributed by atoms with Crippen LogP contribution in [0.25, 0.3) is 10.8 Å². The van der Waals surface area contributed by atoms with Crippen molar-refractivity contribution in [3.8, 4) is 11.6 Å². The topological polar surface area (TPSA) is 108 Å². The van der Waals surface area contributed by atoms with E-state index >= 15 is 0 Å². The molecule has 5 rings (SSSR count). The van der Waals surface area contributed by atoms with Crippen LogP contribution in [0.4, 0.5) is 4.39 Å². The molecule has 1 atom stereocenters. The third-order valence-electron chi connectivity index (χ3n) is 5.88. The largest absolute Gasteiger partial charge is 0.437 e. The number of rotatable bonds is 4. The molecule has 1 aromatic heterocycles. The second kappa shape index (κ2) is 9.41. The lowest BCUT2D eigenvalue weighted by Crippen LogP contribution is -2.51. The van der Waals surface area contributed by atoms with Gasteiger partial charge in [-0.25, -0.2) is 9.49 Å². The number of hydrogen-bond acceptors (Lipinski definition) is 7. The van der Waals surface area contributed by atoms with Crippen molar-refractivity contribution in [3.05, 3.63) is 75.3 Å². The predicted molar refractivity (Wildman–Crippen MR) is 130 cm³/mol. The summed E-state index contributed by atoms with van der Waals surface area (Å²) in [6.45, 7) is 3.26. The second-order valence-corrected chi connectivity index (χ2v) is 9.40. The number of carbonyl (C=O) groups excluding carboxylic acids is 2. The van der Waals surface area contributed by atoms with Crippen LogP contribution in [0.3, 0.4) is 0 Å². The average molecular weight is 496 g/mol. The number of nitrogens with one attached hydrogen (secondary N) is 2. The molecule has 9 nitrogen and oxygen atoms in total. The van der Waals surface area contributed by atoms with E-state index in [4.69, 9.17) is 4.74 Å². The molecule has 1 saturated heterocycles. The number of hydrogen-bond donors (Lipinski definition) is 2. The standard InChI is InChI=1S/C24H22FN5O4S/c1-14-26-20(13-35-14)24(33)30-10-8-29(9-11-30)23(32)18-12-15(6-7-19(18)25)34-22-17-5-3-2-4-16(17)21(31)27-28-22/h2-7,12-14,26H,8-11H2,1H3,(H,27,31). The van der Waals surface area contributed by atoms with Gasteiger partial charge in [0, 0.05) is 31.6 Å². The zero-order valence-electron chi connectivity index (χ0n) is 18.8. The summed E-state index contributed by atoms with van der Waals surface area (Å²) >= 11 is 1.54. The highest BCUT2D eigenvalue weighted by atomic mass is 32.2. The van der Waals surface area contributed by atoms with E-state index in [2.05, 4.69) is 15.5 Å². The summed E-state index contributed by atoms with van der Waals surface area (Å²) in [6, 6.07) is 10.7.